The molecule has 0 spiro atoms. The van der Waals surface area contributed by atoms with Crippen LogP contribution in [0.3, 0.4) is 0 Å². The van der Waals surface area contributed by atoms with Gasteiger partial charge in [0.2, 0.25) is 0 Å². The lowest BCUT2D eigenvalue weighted by atomic mass is 10.1. The van der Waals surface area contributed by atoms with Gasteiger partial charge in [0.25, 0.3) is 0 Å². The minimum atomic E-state index is -3.59. The van der Waals surface area contributed by atoms with Crippen molar-refractivity contribution in [2.45, 2.75) is 19.1 Å². The number of sulfone groups is 1. The molecule has 10 nitrogen and oxygen atoms in total. The molecule has 2 aromatic rings. The Morgan fingerprint density at radius 2 is 2.06 bits per heavy atom. The zero-order chi connectivity index (χ0) is 22.7. The fourth-order valence-corrected chi connectivity index (χ4v) is 4.29. The highest BCUT2D eigenvalue weighted by atomic mass is 32.2. The maximum atomic E-state index is 12.4. The molecule has 32 heavy (non-hydrogen) atoms. The van der Waals surface area contributed by atoms with Gasteiger partial charge in [-0.2, -0.15) is 5.10 Å². The van der Waals surface area contributed by atoms with Crippen LogP contribution in [0.1, 0.15) is 23.6 Å². The number of hydrogen-bond acceptors (Lipinski definition) is 8. The highest BCUT2D eigenvalue weighted by Gasteiger charge is 2.37. The second-order valence-corrected chi connectivity index (χ2v) is 9.51. The first-order chi connectivity index (χ1) is 15.3. The predicted molar refractivity (Wildman–Crippen MR) is 120 cm³/mol. The quantitative estimate of drug-likeness (QED) is 0.708. The molecule has 2 aliphatic heterocycles. The van der Waals surface area contributed by atoms with Crippen LogP contribution in [-0.4, -0.2) is 59.4 Å². The summed E-state index contributed by atoms with van der Waals surface area (Å²) in [7, 11) is -1.77. The van der Waals surface area contributed by atoms with Crippen molar-refractivity contribution >= 4 is 26.8 Å². The number of aryl methyl sites for hydroxylation is 1. The van der Waals surface area contributed by atoms with Crippen molar-refractivity contribution in [1.82, 2.24) is 20.0 Å². The van der Waals surface area contributed by atoms with Gasteiger partial charge >= 0.3 is 6.09 Å². The first-order valence-electron chi connectivity index (χ1n) is 10.1. The molecular weight excluding hydrogens is 432 g/mol. The maximum Gasteiger partial charge on any atom is 0.407 e. The fourth-order valence-electron chi connectivity index (χ4n) is 3.50. The van der Waals surface area contributed by atoms with E-state index < -0.39 is 15.9 Å². The second-order valence-electron chi connectivity index (χ2n) is 7.58. The smallest absolute Gasteiger partial charge is 0.407 e. The Balaban J connectivity index is 1.42. The number of carbonyl (C=O) groups is 1. The topological polar surface area (TPSA) is 118 Å². The van der Waals surface area contributed by atoms with Crippen molar-refractivity contribution in [2.24, 2.45) is 17.0 Å². The molecule has 1 N–H and O–H groups in total. The van der Waals surface area contributed by atoms with Crippen LogP contribution in [0.25, 0.3) is 0 Å². The summed E-state index contributed by atoms with van der Waals surface area (Å²) in [4.78, 5) is 22.6. The number of alkyl carbamates (subject to hydrolysis) is 1. The molecule has 0 saturated heterocycles. The van der Waals surface area contributed by atoms with Crippen molar-refractivity contribution in [2.75, 3.05) is 19.3 Å². The van der Waals surface area contributed by atoms with Crippen molar-refractivity contribution in [1.29, 1.82) is 0 Å². The van der Waals surface area contributed by atoms with Gasteiger partial charge in [-0.1, -0.05) is 30.3 Å². The first kappa shape index (κ1) is 21.8. The third-order valence-electron chi connectivity index (χ3n) is 5.04. The lowest BCUT2D eigenvalue weighted by Crippen LogP contribution is -2.38. The molecule has 0 radical (unpaired) electrons. The van der Waals surface area contributed by atoms with E-state index in [1.54, 1.807) is 17.1 Å². The molecule has 168 valence electrons. The van der Waals surface area contributed by atoms with Crippen molar-refractivity contribution in [3.8, 4) is 0 Å². The molecule has 2 aliphatic rings. The maximum absolute atomic E-state index is 12.4. The Labute approximate surface area is 186 Å². The van der Waals surface area contributed by atoms with Crippen molar-refractivity contribution in [3.05, 3.63) is 65.7 Å². The molecule has 1 unspecified atom stereocenters. The minimum Gasteiger partial charge on any atom is -0.445 e. The number of carbonyl (C=O) groups excluding carboxylic acids is 1. The highest BCUT2D eigenvalue weighted by Crippen LogP contribution is 2.31. The van der Waals surface area contributed by atoms with E-state index in [1.165, 1.54) is 0 Å². The van der Waals surface area contributed by atoms with Crippen LogP contribution in [0, 0.1) is 0 Å². The van der Waals surface area contributed by atoms with Crippen LogP contribution in [-0.2, 0) is 28.2 Å². The van der Waals surface area contributed by atoms with Crippen molar-refractivity contribution in [3.63, 3.8) is 0 Å². The van der Waals surface area contributed by atoms with Gasteiger partial charge in [0.1, 0.15) is 6.61 Å². The summed E-state index contributed by atoms with van der Waals surface area (Å²) >= 11 is 0. The summed E-state index contributed by atoms with van der Waals surface area (Å²) < 4.78 is 31.6. The molecule has 3 heterocycles. The van der Waals surface area contributed by atoms with Gasteiger partial charge in [-0.05, 0) is 5.56 Å². The molecular formula is C21H24N6O4S. The van der Waals surface area contributed by atoms with E-state index in [0.717, 1.165) is 17.4 Å². The first-order valence-corrected chi connectivity index (χ1v) is 12.0. The standard InChI is InChI=1S/C21H24N6O4S/c1-26-12-16(10-24-26)18-11-23-19-20(32(2,29)30)25-17(13-27(18)19)8-9-22-21(28)31-14-15-6-4-3-5-7-15/h3-7,10,12-13,18H,8-9,11,14H2,1-2H3,(H,22,28). The average molecular weight is 457 g/mol. The monoisotopic (exact) mass is 456 g/mol. The van der Waals surface area contributed by atoms with E-state index in [0.29, 0.717) is 24.5 Å². The van der Waals surface area contributed by atoms with E-state index in [4.69, 9.17) is 4.74 Å². The fraction of sp³-hybridized carbons (Fsp3) is 0.333. The summed E-state index contributed by atoms with van der Waals surface area (Å²) in [6.07, 6.45) is 6.32. The lowest BCUT2D eigenvalue weighted by molar-refractivity contribution is 0.140. The van der Waals surface area contributed by atoms with E-state index in [2.05, 4.69) is 20.4 Å². The summed E-state index contributed by atoms with van der Waals surface area (Å²) in [6.45, 7) is 0.827. The Hall–Kier alpha value is -3.47. The predicted octanol–water partition coefficient (Wildman–Crippen LogP) is 1.79. The zero-order valence-corrected chi connectivity index (χ0v) is 18.6. The van der Waals surface area contributed by atoms with Gasteiger partial charge in [0.15, 0.2) is 20.7 Å². The molecule has 11 heteroatoms. The molecule has 1 atom stereocenters. The summed E-state index contributed by atoms with van der Waals surface area (Å²) in [5.41, 5.74) is 2.35. The Kier molecular flexibility index (Phi) is 6.08. The van der Waals surface area contributed by atoms with Crippen LogP contribution in [0.4, 0.5) is 4.79 Å². The second kappa shape index (κ2) is 8.95. The number of rotatable bonds is 6. The number of amidine groups is 1. The number of amides is 1. The average Bonchev–Trinajstić information content (AvgIpc) is 3.37. The number of hydrogen-bond donors (Lipinski definition) is 1. The summed E-state index contributed by atoms with van der Waals surface area (Å²) in [6, 6.07) is 9.22. The van der Waals surface area contributed by atoms with Crippen LogP contribution in [0.2, 0.25) is 0 Å². The lowest BCUT2D eigenvalue weighted by Gasteiger charge is -2.27. The Morgan fingerprint density at radius 3 is 2.75 bits per heavy atom. The summed E-state index contributed by atoms with van der Waals surface area (Å²) in [5, 5.41) is 6.82. The number of nitrogens with zero attached hydrogens (tertiary/aromatic N) is 5. The number of ether oxygens (including phenoxy) is 1. The Bertz CT molecular complexity index is 1200. The van der Waals surface area contributed by atoms with Crippen LogP contribution in [0.5, 0.6) is 0 Å². The minimum absolute atomic E-state index is 0.0620. The van der Waals surface area contributed by atoms with E-state index in [9.17, 15) is 13.2 Å². The van der Waals surface area contributed by atoms with E-state index >= 15 is 0 Å². The van der Waals surface area contributed by atoms with Crippen LogP contribution < -0.4 is 5.32 Å². The van der Waals surface area contributed by atoms with Gasteiger partial charge in [-0.25, -0.2) is 18.2 Å². The molecule has 1 aromatic heterocycles. The van der Waals surface area contributed by atoms with Crippen molar-refractivity contribution < 1.29 is 17.9 Å². The number of benzene rings is 1. The van der Waals surface area contributed by atoms with E-state index in [1.807, 2.05) is 48.5 Å². The van der Waals surface area contributed by atoms with Gasteiger partial charge in [-0.15, -0.1) is 0 Å². The normalized spacial score (nSPS) is 17.9. The Morgan fingerprint density at radius 1 is 1.28 bits per heavy atom. The van der Waals surface area contributed by atoms with E-state index in [-0.39, 0.29) is 24.2 Å². The SMILES string of the molecule is Cn1cc(C2CN=C3C(S(C)(=O)=O)=NC(CCNC(=O)OCc4ccccc4)=CN32)cn1. The van der Waals surface area contributed by atoms with Crippen LogP contribution in [0.15, 0.2) is 64.6 Å². The third-order valence-corrected chi connectivity index (χ3v) is 6.02. The zero-order valence-electron chi connectivity index (χ0n) is 17.8. The van der Waals surface area contributed by atoms with Crippen LogP contribution >= 0.6 is 0 Å². The van der Waals surface area contributed by atoms with Gasteiger partial charge in [-0.3, -0.25) is 9.67 Å². The number of nitrogens with one attached hydrogen (secondary N) is 1. The van der Waals surface area contributed by atoms with Gasteiger partial charge < -0.3 is 15.0 Å². The molecule has 4 rings (SSSR count). The molecule has 0 saturated carbocycles. The molecule has 0 bridgehead atoms. The highest BCUT2D eigenvalue weighted by molar-refractivity contribution is 8.07. The number of aliphatic imine (C=N–C) groups is 2. The number of aromatic nitrogens is 2. The number of fused-ring (bicyclic) bond motifs is 1. The largest absolute Gasteiger partial charge is 0.445 e. The molecule has 0 aliphatic carbocycles. The molecule has 1 aromatic carbocycles. The molecule has 1 amide bonds. The third kappa shape index (κ3) is 4.88. The summed E-state index contributed by atoms with van der Waals surface area (Å²) in [5.74, 6) is 0.334. The van der Waals surface area contributed by atoms with Gasteiger partial charge in [0.05, 0.1) is 24.5 Å². The molecule has 0 fully saturated rings. The van der Waals surface area contributed by atoms with Gasteiger partial charge in [0, 0.05) is 44.2 Å².